The Labute approximate surface area is 110 Å². The molecule has 0 fully saturated rings. The Morgan fingerprint density at radius 2 is 2.17 bits per heavy atom. The second-order valence-electron chi connectivity index (χ2n) is 2.95. The number of carbonyl (C=O) groups is 1. The lowest BCUT2D eigenvalue weighted by Crippen LogP contribution is -2.10. The molecule has 0 N–H and O–H groups in total. The third kappa shape index (κ3) is 4.69. The Kier molecular flexibility index (Phi) is 5.21. The molecule has 0 amide bonds. The van der Waals surface area contributed by atoms with E-state index in [-0.39, 0.29) is 17.4 Å². The molecule has 1 aromatic heterocycles. The summed E-state index contributed by atoms with van der Waals surface area (Å²) in [6.45, 7) is 1.84. The van der Waals surface area contributed by atoms with Crippen LogP contribution in [0.25, 0.3) is 0 Å². The van der Waals surface area contributed by atoms with Crippen LogP contribution in [-0.2, 0) is 15.7 Å². The average molecular weight is 301 g/mol. The van der Waals surface area contributed by atoms with Crippen molar-refractivity contribution in [2.45, 2.75) is 18.1 Å². The number of hydrogen-bond acceptors (Lipinski definition) is 5. The van der Waals surface area contributed by atoms with Crippen LogP contribution in [0.5, 0.6) is 0 Å². The van der Waals surface area contributed by atoms with Gasteiger partial charge in [-0.05, 0) is 18.5 Å². The van der Waals surface area contributed by atoms with Crippen LogP contribution in [0.1, 0.15) is 12.6 Å². The Balaban J connectivity index is 2.78. The van der Waals surface area contributed by atoms with E-state index < -0.39 is 23.1 Å². The first-order chi connectivity index (χ1) is 8.32. The SMILES string of the molecule is CCOC(=O)CSc1cc(C(F)(F)F)nc(Cl)n1. The highest BCUT2D eigenvalue weighted by Gasteiger charge is 2.33. The molecule has 0 unspecified atom stereocenters. The maximum Gasteiger partial charge on any atom is 0.433 e. The summed E-state index contributed by atoms with van der Waals surface area (Å²) < 4.78 is 41.9. The lowest BCUT2D eigenvalue weighted by Gasteiger charge is -2.07. The van der Waals surface area contributed by atoms with Crippen LogP contribution in [0, 0.1) is 0 Å². The maximum absolute atomic E-state index is 12.4. The van der Waals surface area contributed by atoms with Gasteiger partial charge in [0.1, 0.15) is 5.03 Å². The van der Waals surface area contributed by atoms with Crippen LogP contribution in [0.2, 0.25) is 5.28 Å². The molecule has 18 heavy (non-hydrogen) atoms. The molecule has 0 saturated carbocycles. The van der Waals surface area contributed by atoms with Crippen LogP contribution in [0.3, 0.4) is 0 Å². The summed E-state index contributed by atoms with van der Waals surface area (Å²) in [5, 5.41) is -0.549. The van der Waals surface area contributed by atoms with Gasteiger partial charge in [0.2, 0.25) is 5.28 Å². The van der Waals surface area contributed by atoms with Gasteiger partial charge in [-0.2, -0.15) is 13.2 Å². The molecular weight excluding hydrogens is 293 g/mol. The molecule has 0 aliphatic rings. The van der Waals surface area contributed by atoms with Crippen molar-refractivity contribution in [1.82, 2.24) is 9.97 Å². The molecule has 0 saturated heterocycles. The fourth-order valence-corrected chi connectivity index (χ4v) is 1.88. The number of nitrogens with zero attached hydrogens (tertiary/aromatic N) is 2. The van der Waals surface area contributed by atoms with Gasteiger partial charge < -0.3 is 4.74 Å². The quantitative estimate of drug-likeness (QED) is 0.370. The lowest BCUT2D eigenvalue weighted by molar-refractivity contribution is -0.141. The molecule has 100 valence electrons. The van der Waals surface area contributed by atoms with Crippen molar-refractivity contribution in [3.05, 3.63) is 17.0 Å². The monoisotopic (exact) mass is 300 g/mol. The second-order valence-corrected chi connectivity index (χ2v) is 4.29. The highest BCUT2D eigenvalue weighted by molar-refractivity contribution is 7.99. The summed E-state index contributed by atoms with van der Waals surface area (Å²) in [6.07, 6.45) is -4.61. The first-order valence-electron chi connectivity index (χ1n) is 4.73. The fourth-order valence-electron chi connectivity index (χ4n) is 0.952. The van der Waals surface area contributed by atoms with Gasteiger partial charge in [0.05, 0.1) is 12.4 Å². The summed E-state index contributed by atoms with van der Waals surface area (Å²) in [6, 6.07) is 0.732. The number of alkyl halides is 3. The predicted octanol–water partition coefficient (Wildman–Crippen LogP) is 2.80. The van der Waals surface area contributed by atoms with Gasteiger partial charge >= 0.3 is 12.1 Å². The van der Waals surface area contributed by atoms with Crippen LogP contribution in [0.4, 0.5) is 13.2 Å². The highest BCUT2D eigenvalue weighted by atomic mass is 35.5. The first-order valence-corrected chi connectivity index (χ1v) is 6.09. The standard InChI is InChI=1S/C9H8ClF3N2O2S/c1-2-17-7(16)4-18-6-3-5(9(11,12)13)14-8(10)15-6/h3H,2,4H2,1H3. The number of ether oxygens (including phenoxy) is 1. The summed E-state index contributed by atoms with van der Waals surface area (Å²) >= 11 is 6.18. The zero-order valence-corrected chi connectivity index (χ0v) is 10.7. The molecule has 0 radical (unpaired) electrons. The number of hydrogen-bond donors (Lipinski definition) is 0. The minimum absolute atomic E-state index is 0.0321. The summed E-state index contributed by atoms with van der Waals surface area (Å²) in [4.78, 5) is 17.7. The van der Waals surface area contributed by atoms with Crippen molar-refractivity contribution >= 4 is 29.3 Å². The average Bonchev–Trinajstić information content (AvgIpc) is 2.25. The van der Waals surface area contributed by atoms with Gasteiger partial charge in [0.25, 0.3) is 0 Å². The van der Waals surface area contributed by atoms with E-state index >= 15 is 0 Å². The Bertz CT molecular complexity index is 442. The van der Waals surface area contributed by atoms with Crippen LogP contribution in [-0.4, -0.2) is 28.3 Å². The number of aromatic nitrogens is 2. The van der Waals surface area contributed by atoms with Crippen LogP contribution < -0.4 is 0 Å². The van der Waals surface area contributed by atoms with Crippen molar-refractivity contribution in [1.29, 1.82) is 0 Å². The lowest BCUT2D eigenvalue weighted by atomic mass is 10.4. The zero-order valence-electron chi connectivity index (χ0n) is 9.12. The van der Waals surface area contributed by atoms with Gasteiger partial charge in [0.15, 0.2) is 5.69 Å². The van der Waals surface area contributed by atoms with Crippen molar-refractivity contribution in [2.75, 3.05) is 12.4 Å². The minimum Gasteiger partial charge on any atom is -0.465 e. The van der Waals surface area contributed by atoms with Crippen molar-refractivity contribution < 1.29 is 22.7 Å². The Morgan fingerprint density at radius 3 is 2.72 bits per heavy atom. The smallest absolute Gasteiger partial charge is 0.433 e. The minimum atomic E-state index is -4.61. The maximum atomic E-state index is 12.4. The molecule has 1 rings (SSSR count). The molecule has 0 spiro atoms. The molecule has 0 atom stereocenters. The fraction of sp³-hybridized carbons (Fsp3) is 0.444. The van der Waals surface area contributed by atoms with Crippen molar-refractivity contribution in [3.63, 3.8) is 0 Å². The molecule has 1 aromatic rings. The Morgan fingerprint density at radius 1 is 1.50 bits per heavy atom. The van der Waals surface area contributed by atoms with E-state index in [1.54, 1.807) is 6.92 Å². The molecule has 0 aliphatic carbocycles. The summed E-state index contributed by atoms with van der Waals surface area (Å²) in [5.41, 5.74) is -1.14. The molecule has 0 aromatic carbocycles. The number of halogens is 4. The number of carbonyl (C=O) groups excluding carboxylic acids is 1. The van der Waals surface area contributed by atoms with Crippen LogP contribution in [0.15, 0.2) is 11.1 Å². The third-order valence-electron chi connectivity index (χ3n) is 1.61. The first kappa shape index (κ1) is 15.0. The van der Waals surface area contributed by atoms with E-state index in [0.717, 1.165) is 17.8 Å². The molecule has 1 heterocycles. The molecule has 0 aliphatic heterocycles. The van der Waals surface area contributed by atoms with Crippen LogP contribution >= 0.6 is 23.4 Å². The molecule has 0 bridgehead atoms. The van der Waals surface area contributed by atoms with E-state index in [9.17, 15) is 18.0 Å². The predicted molar refractivity (Wildman–Crippen MR) is 59.4 cm³/mol. The summed E-state index contributed by atoms with van der Waals surface area (Å²) in [7, 11) is 0. The van der Waals surface area contributed by atoms with E-state index in [1.165, 1.54) is 0 Å². The van der Waals surface area contributed by atoms with Gasteiger partial charge in [-0.1, -0.05) is 11.8 Å². The van der Waals surface area contributed by atoms with Gasteiger partial charge in [-0.25, -0.2) is 9.97 Å². The van der Waals surface area contributed by atoms with E-state index in [4.69, 9.17) is 11.6 Å². The third-order valence-corrected chi connectivity index (χ3v) is 2.66. The zero-order chi connectivity index (χ0) is 13.8. The highest BCUT2D eigenvalue weighted by Crippen LogP contribution is 2.30. The van der Waals surface area contributed by atoms with Gasteiger partial charge in [-0.15, -0.1) is 0 Å². The topological polar surface area (TPSA) is 52.1 Å². The largest absolute Gasteiger partial charge is 0.465 e. The van der Waals surface area contributed by atoms with Crippen molar-refractivity contribution in [2.24, 2.45) is 0 Å². The molecule has 9 heteroatoms. The normalized spacial score (nSPS) is 11.4. The second kappa shape index (κ2) is 6.24. The summed E-state index contributed by atoms with van der Waals surface area (Å²) in [5.74, 6) is -0.677. The number of thioether (sulfide) groups is 1. The van der Waals surface area contributed by atoms with E-state index in [0.29, 0.717) is 0 Å². The number of esters is 1. The van der Waals surface area contributed by atoms with Gasteiger partial charge in [-0.3, -0.25) is 4.79 Å². The Hall–Kier alpha value is -1.02. The van der Waals surface area contributed by atoms with E-state index in [1.807, 2.05) is 0 Å². The van der Waals surface area contributed by atoms with Gasteiger partial charge in [0, 0.05) is 6.07 Å². The number of rotatable bonds is 4. The van der Waals surface area contributed by atoms with Crippen molar-refractivity contribution in [3.8, 4) is 0 Å². The molecule has 4 nitrogen and oxygen atoms in total. The van der Waals surface area contributed by atoms with E-state index in [2.05, 4.69) is 14.7 Å². The molecular formula is C9H8ClF3N2O2S.